The minimum atomic E-state index is -0.189. The number of hydrogen-bond acceptors (Lipinski definition) is 5. The summed E-state index contributed by atoms with van der Waals surface area (Å²) < 4.78 is 2.13. The first-order chi connectivity index (χ1) is 16.5. The number of hydrogen-bond donors (Lipinski definition) is 2. The van der Waals surface area contributed by atoms with Crippen molar-refractivity contribution in [1.29, 1.82) is 0 Å². The molecule has 3 aromatic heterocycles. The fourth-order valence-corrected chi connectivity index (χ4v) is 5.52. The van der Waals surface area contributed by atoms with E-state index in [-0.39, 0.29) is 17.9 Å². The maximum Gasteiger partial charge on any atom is 0.268 e. The van der Waals surface area contributed by atoms with Gasteiger partial charge in [0.05, 0.1) is 22.1 Å². The number of aromatic amines is 1. The second kappa shape index (κ2) is 9.26. The number of rotatable bonds is 5. The topological polar surface area (TPSA) is 95.9 Å². The van der Waals surface area contributed by atoms with Crippen LogP contribution in [0.2, 0.25) is 0 Å². The fraction of sp³-hybridized carbons (Fsp3) is 0.280. The van der Waals surface area contributed by atoms with E-state index < -0.39 is 0 Å². The van der Waals surface area contributed by atoms with Crippen LogP contribution in [0.15, 0.2) is 55.3 Å². The van der Waals surface area contributed by atoms with Crippen molar-refractivity contribution in [1.82, 2.24) is 24.6 Å². The van der Waals surface area contributed by atoms with Crippen molar-refractivity contribution >= 4 is 40.1 Å². The molecule has 1 saturated heterocycles. The van der Waals surface area contributed by atoms with Gasteiger partial charge in [-0.3, -0.25) is 20.0 Å². The summed E-state index contributed by atoms with van der Waals surface area (Å²) in [6.45, 7) is 6.93. The number of benzene rings is 1. The predicted octanol–water partition coefficient (Wildman–Crippen LogP) is 4.79. The lowest BCUT2D eigenvalue weighted by atomic mass is 10.1. The number of aromatic nitrogens is 4. The van der Waals surface area contributed by atoms with Gasteiger partial charge in [0, 0.05) is 35.3 Å². The van der Waals surface area contributed by atoms with Gasteiger partial charge >= 0.3 is 0 Å². The van der Waals surface area contributed by atoms with Crippen molar-refractivity contribution in [3.8, 4) is 10.4 Å². The van der Waals surface area contributed by atoms with E-state index in [1.807, 2.05) is 48.2 Å². The van der Waals surface area contributed by atoms with Gasteiger partial charge < -0.3 is 9.47 Å². The van der Waals surface area contributed by atoms with Crippen LogP contribution in [0.25, 0.3) is 21.5 Å². The van der Waals surface area contributed by atoms with Crippen LogP contribution in [0, 0.1) is 6.92 Å². The average molecular weight is 475 g/mol. The quantitative estimate of drug-likeness (QED) is 0.407. The SMILES string of the molecule is C=CC(=O)N1CCC[C@@H](n2c(NC(=O)c3ccc(-c4cn[nH]c4C)s3)nc3ccccc32)CC1. The van der Waals surface area contributed by atoms with Gasteiger partial charge in [-0.05, 0) is 56.5 Å². The molecule has 174 valence electrons. The predicted molar refractivity (Wildman–Crippen MR) is 134 cm³/mol. The third kappa shape index (κ3) is 4.14. The number of nitrogens with zero attached hydrogens (tertiary/aromatic N) is 4. The molecule has 0 radical (unpaired) electrons. The lowest BCUT2D eigenvalue weighted by Crippen LogP contribution is -2.30. The van der Waals surface area contributed by atoms with Crippen molar-refractivity contribution in [2.75, 3.05) is 18.4 Å². The maximum atomic E-state index is 13.2. The number of H-pyrrole nitrogens is 1. The molecular formula is C25H26N6O2S. The Morgan fingerprint density at radius 1 is 1.21 bits per heavy atom. The van der Waals surface area contributed by atoms with E-state index in [9.17, 15) is 9.59 Å². The minimum Gasteiger partial charge on any atom is -0.339 e. The van der Waals surface area contributed by atoms with E-state index in [4.69, 9.17) is 4.98 Å². The van der Waals surface area contributed by atoms with Gasteiger partial charge in [0.25, 0.3) is 5.91 Å². The number of carbonyl (C=O) groups is 2. The molecule has 1 aliphatic rings. The highest BCUT2D eigenvalue weighted by molar-refractivity contribution is 7.17. The molecule has 1 atom stereocenters. The van der Waals surface area contributed by atoms with Gasteiger partial charge in [-0.2, -0.15) is 5.10 Å². The number of carbonyl (C=O) groups excluding carboxylic acids is 2. The van der Waals surface area contributed by atoms with Crippen molar-refractivity contribution < 1.29 is 9.59 Å². The van der Waals surface area contributed by atoms with E-state index >= 15 is 0 Å². The third-order valence-corrected chi connectivity index (χ3v) is 7.41. The number of amides is 2. The molecule has 0 saturated carbocycles. The van der Waals surface area contributed by atoms with Crippen molar-refractivity contribution in [2.24, 2.45) is 0 Å². The number of aryl methyl sites for hydroxylation is 1. The van der Waals surface area contributed by atoms with Gasteiger partial charge in [0.2, 0.25) is 11.9 Å². The molecule has 2 N–H and O–H groups in total. The molecule has 5 rings (SSSR count). The number of imidazole rings is 1. The van der Waals surface area contributed by atoms with Crippen LogP contribution >= 0.6 is 11.3 Å². The van der Waals surface area contributed by atoms with Gasteiger partial charge in [-0.15, -0.1) is 11.3 Å². The zero-order chi connectivity index (χ0) is 23.7. The van der Waals surface area contributed by atoms with Crippen LogP contribution in [0.3, 0.4) is 0 Å². The molecule has 34 heavy (non-hydrogen) atoms. The molecule has 1 aliphatic heterocycles. The van der Waals surface area contributed by atoms with Crippen molar-refractivity contribution in [2.45, 2.75) is 32.2 Å². The van der Waals surface area contributed by atoms with Gasteiger partial charge in [0.1, 0.15) is 0 Å². The number of fused-ring (bicyclic) bond motifs is 1. The van der Waals surface area contributed by atoms with Crippen LogP contribution in [0.4, 0.5) is 5.95 Å². The fourth-order valence-electron chi connectivity index (χ4n) is 4.56. The normalized spacial score (nSPS) is 16.4. The highest BCUT2D eigenvalue weighted by Crippen LogP contribution is 2.33. The van der Waals surface area contributed by atoms with Crippen LogP contribution in [0.5, 0.6) is 0 Å². The first kappa shape index (κ1) is 22.1. The van der Waals surface area contributed by atoms with Crippen LogP contribution < -0.4 is 5.32 Å². The lowest BCUT2D eigenvalue weighted by Gasteiger charge is -2.21. The van der Waals surface area contributed by atoms with Crippen LogP contribution in [-0.2, 0) is 4.79 Å². The number of thiophene rings is 1. The zero-order valence-electron chi connectivity index (χ0n) is 19.0. The second-order valence-electron chi connectivity index (χ2n) is 8.43. The van der Waals surface area contributed by atoms with Crippen LogP contribution in [0.1, 0.15) is 40.7 Å². The molecule has 0 aliphatic carbocycles. The Labute approximate surface area is 201 Å². The summed E-state index contributed by atoms with van der Waals surface area (Å²) in [5.74, 6) is 0.311. The van der Waals surface area contributed by atoms with Gasteiger partial charge in [-0.25, -0.2) is 4.98 Å². The molecule has 2 amide bonds. The molecule has 1 fully saturated rings. The number of nitrogens with one attached hydrogen (secondary N) is 2. The lowest BCUT2D eigenvalue weighted by molar-refractivity contribution is -0.125. The van der Waals surface area contributed by atoms with E-state index in [2.05, 4.69) is 26.7 Å². The highest BCUT2D eigenvalue weighted by atomic mass is 32.1. The maximum absolute atomic E-state index is 13.2. The Kier molecular flexibility index (Phi) is 6.02. The summed E-state index contributed by atoms with van der Waals surface area (Å²) in [6, 6.07) is 11.8. The molecular weight excluding hydrogens is 448 g/mol. The Hall–Kier alpha value is -3.72. The second-order valence-corrected chi connectivity index (χ2v) is 9.52. The molecule has 0 bridgehead atoms. The molecule has 0 unspecified atom stereocenters. The summed E-state index contributed by atoms with van der Waals surface area (Å²) in [5, 5.41) is 10.1. The minimum absolute atomic E-state index is 0.0361. The Balaban J connectivity index is 1.43. The van der Waals surface area contributed by atoms with Crippen molar-refractivity contribution in [3.05, 3.63) is 65.8 Å². The first-order valence-electron chi connectivity index (χ1n) is 11.3. The summed E-state index contributed by atoms with van der Waals surface area (Å²) in [7, 11) is 0. The first-order valence-corrected chi connectivity index (χ1v) is 12.2. The zero-order valence-corrected chi connectivity index (χ0v) is 19.8. The molecule has 8 nitrogen and oxygen atoms in total. The summed E-state index contributed by atoms with van der Waals surface area (Å²) in [4.78, 5) is 33.5. The van der Waals surface area contributed by atoms with E-state index in [0.717, 1.165) is 46.4 Å². The van der Waals surface area contributed by atoms with E-state index in [1.54, 1.807) is 6.20 Å². The molecule has 9 heteroatoms. The Morgan fingerprint density at radius 3 is 2.85 bits per heavy atom. The van der Waals surface area contributed by atoms with E-state index in [0.29, 0.717) is 23.9 Å². The largest absolute Gasteiger partial charge is 0.339 e. The Morgan fingerprint density at radius 2 is 2.06 bits per heavy atom. The molecule has 1 aromatic carbocycles. The summed E-state index contributed by atoms with van der Waals surface area (Å²) in [5.41, 5.74) is 3.77. The smallest absolute Gasteiger partial charge is 0.268 e. The number of anilines is 1. The van der Waals surface area contributed by atoms with Gasteiger partial charge in [-0.1, -0.05) is 18.7 Å². The average Bonchev–Trinajstić information content (AvgIpc) is 3.53. The molecule has 4 heterocycles. The summed E-state index contributed by atoms with van der Waals surface area (Å²) >= 11 is 1.43. The monoisotopic (exact) mass is 474 g/mol. The molecule has 0 spiro atoms. The van der Waals surface area contributed by atoms with Crippen LogP contribution in [-0.4, -0.2) is 49.6 Å². The Bertz CT molecular complexity index is 1370. The highest BCUT2D eigenvalue weighted by Gasteiger charge is 2.25. The number of likely N-dealkylation sites (tertiary alicyclic amines) is 1. The summed E-state index contributed by atoms with van der Waals surface area (Å²) in [6.07, 6.45) is 5.70. The van der Waals surface area contributed by atoms with Gasteiger partial charge in [0.15, 0.2) is 0 Å². The van der Waals surface area contributed by atoms with Crippen molar-refractivity contribution in [3.63, 3.8) is 0 Å². The number of para-hydroxylation sites is 2. The standard InChI is InChI=1S/C25H26N6O2S/c1-3-23(32)30-13-6-7-17(12-14-30)31-20-9-5-4-8-19(20)27-25(31)28-24(33)22-11-10-21(34-22)18-15-26-29-16(18)2/h3-5,8-11,15,17H,1,6-7,12-14H2,2H3,(H,26,29)(H,27,28,33)/t17-/m1/s1. The third-order valence-electron chi connectivity index (χ3n) is 6.30. The molecule has 4 aromatic rings. The van der Waals surface area contributed by atoms with E-state index in [1.165, 1.54) is 17.4 Å².